The van der Waals surface area contributed by atoms with Crippen LogP contribution in [0.3, 0.4) is 0 Å². The molecule has 2 rings (SSSR count). The molecular formula is C15H16BrN. The lowest BCUT2D eigenvalue weighted by molar-refractivity contribution is 0.622. The van der Waals surface area contributed by atoms with Crippen LogP contribution in [0.2, 0.25) is 0 Å². The van der Waals surface area contributed by atoms with E-state index in [2.05, 4.69) is 76.7 Å². The maximum absolute atomic E-state index is 3.48. The summed E-state index contributed by atoms with van der Waals surface area (Å²) in [6.07, 6.45) is 2.06. The Morgan fingerprint density at radius 2 is 1.94 bits per heavy atom. The molecule has 0 fully saturated rings. The summed E-state index contributed by atoms with van der Waals surface area (Å²) in [5, 5.41) is 6.11. The molecule has 0 aliphatic rings. The predicted molar refractivity (Wildman–Crippen MR) is 78.4 cm³/mol. The summed E-state index contributed by atoms with van der Waals surface area (Å²) in [6, 6.07) is 15.3. The number of halogens is 1. The Bertz CT molecular complexity index is 514. The molecule has 0 amide bonds. The zero-order valence-electron chi connectivity index (χ0n) is 9.86. The van der Waals surface area contributed by atoms with E-state index < -0.39 is 0 Å². The third-order valence-electron chi connectivity index (χ3n) is 2.92. The molecule has 0 aliphatic carbocycles. The van der Waals surface area contributed by atoms with Gasteiger partial charge < -0.3 is 5.32 Å². The van der Waals surface area contributed by atoms with Gasteiger partial charge in [0, 0.05) is 12.6 Å². The van der Waals surface area contributed by atoms with Crippen LogP contribution in [0.5, 0.6) is 0 Å². The highest BCUT2D eigenvalue weighted by molar-refractivity contribution is 9.11. The van der Waals surface area contributed by atoms with E-state index in [1.165, 1.54) is 16.3 Å². The molecule has 1 N–H and O–H groups in total. The molecule has 0 saturated heterocycles. The van der Waals surface area contributed by atoms with Crippen molar-refractivity contribution in [1.29, 1.82) is 0 Å². The van der Waals surface area contributed by atoms with Gasteiger partial charge in [0.05, 0.1) is 0 Å². The van der Waals surface area contributed by atoms with Crippen molar-refractivity contribution in [3.63, 3.8) is 0 Å². The van der Waals surface area contributed by atoms with E-state index in [4.69, 9.17) is 0 Å². The summed E-state index contributed by atoms with van der Waals surface area (Å²) in [5.41, 5.74) is 1.35. The Morgan fingerprint density at radius 3 is 2.76 bits per heavy atom. The highest BCUT2D eigenvalue weighted by Gasteiger charge is 2.07. The van der Waals surface area contributed by atoms with Crippen LogP contribution >= 0.6 is 15.9 Å². The van der Waals surface area contributed by atoms with Crippen LogP contribution in [0.15, 0.2) is 53.5 Å². The van der Waals surface area contributed by atoms with Crippen LogP contribution in [0.4, 0.5) is 0 Å². The topological polar surface area (TPSA) is 12.0 Å². The highest BCUT2D eigenvalue weighted by atomic mass is 79.9. The third kappa shape index (κ3) is 2.96. The molecule has 2 aromatic rings. The SMILES string of the molecule is C[C@@H](NC/C=C/Br)c1cccc2ccccc12. The van der Waals surface area contributed by atoms with Crippen LogP contribution in [0, 0.1) is 0 Å². The minimum absolute atomic E-state index is 0.352. The standard InChI is InChI=1S/C15H16BrN/c1-12(17-11-5-10-16)14-9-4-7-13-6-2-3-8-15(13)14/h2-10,12,17H,11H2,1H3/b10-5+/t12-/m1/s1. The van der Waals surface area contributed by atoms with E-state index >= 15 is 0 Å². The minimum atomic E-state index is 0.352. The number of rotatable bonds is 4. The van der Waals surface area contributed by atoms with Gasteiger partial charge in [0.1, 0.15) is 0 Å². The monoisotopic (exact) mass is 289 g/mol. The molecule has 0 aromatic heterocycles. The molecule has 0 spiro atoms. The Morgan fingerprint density at radius 1 is 1.18 bits per heavy atom. The molecule has 1 atom stereocenters. The molecular weight excluding hydrogens is 274 g/mol. The number of hydrogen-bond acceptors (Lipinski definition) is 1. The van der Waals surface area contributed by atoms with Gasteiger partial charge in [0.15, 0.2) is 0 Å². The molecule has 0 unspecified atom stereocenters. The molecule has 88 valence electrons. The van der Waals surface area contributed by atoms with Crippen molar-refractivity contribution in [3.05, 3.63) is 59.1 Å². The van der Waals surface area contributed by atoms with E-state index in [0.29, 0.717) is 6.04 Å². The van der Waals surface area contributed by atoms with Crippen molar-refractivity contribution in [3.8, 4) is 0 Å². The van der Waals surface area contributed by atoms with Gasteiger partial charge in [-0.25, -0.2) is 0 Å². The van der Waals surface area contributed by atoms with Crippen molar-refractivity contribution >= 4 is 26.7 Å². The van der Waals surface area contributed by atoms with Crippen molar-refractivity contribution in [2.24, 2.45) is 0 Å². The quantitative estimate of drug-likeness (QED) is 0.880. The molecule has 2 aromatic carbocycles. The van der Waals surface area contributed by atoms with Crippen LogP contribution in [0.25, 0.3) is 10.8 Å². The molecule has 0 heterocycles. The van der Waals surface area contributed by atoms with Gasteiger partial charge >= 0.3 is 0 Å². The van der Waals surface area contributed by atoms with Crippen LogP contribution < -0.4 is 5.32 Å². The number of hydrogen-bond donors (Lipinski definition) is 1. The smallest absolute Gasteiger partial charge is 0.0300 e. The summed E-state index contributed by atoms with van der Waals surface area (Å²) in [6.45, 7) is 3.07. The third-order valence-corrected chi connectivity index (χ3v) is 3.29. The summed E-state index contributed by atoms with van der Waals surface area (Å²) in [5.74, 6) is 0. The average Bonchev–Trinajstić information content (AvgIpc) is 2.38. The molecule has 0 saturated carbocycles. The lowest BCUT2D eigenvalue weighted by atomic mass is 10.00. The van der Waals surface area contributed by atoms with E-state index in [0.717, 1.165) is 6.54 Å². The largest absolute Gasteiger partial charge is 0.307 e. The highest BCUT2D eigenvalue weighted by Crippen LogP contribution is 2.23. The average molecular weight is 290 g/mol. The fourth-order valence-corrected chi connectivity index (χ4v) is 2.21. The molecule has 0 radical (unpaired) electrons. The lowest BCUT2D eigenvalue weighted by Gasteiger charge is -2.15. The summed E-state index contributed by atoms with van der Waals surface area (Å²) >= 11 is 3.27. The van der Waals surface area contributed by atoms with E-state index in [-0.39, 0.29) is 0 Å². The predicted octanol–water partition coefficient (Wildman–Crippen LogP) is 4.40. The summed E-state index contributed by atoms with van der Waals surface area (Å²) in [4.78, 5) is 1.88. The Labute approximate surface area is 111 Å². The zero-order chi connectivity index (χ0) is 12.1. The first kappa shape index (κ1) is 12.3. The summed E-state index contributed by atoms with van der Waals surface area (Å²) in [7, 11) is 0. The fourth-order valence-electron chi connectivity index (χ4n) is 2.03. The van der Waals surface area contributed by atoms with Gasteiger partial charge in [-0.05, 0) is 28.2 Å². The van der Waals surface area contributed by atoms with Gasteiger partial charge in [-0.15, -0.1) is 0 Å². The van der Waals surface area contributed by atoms with E-state index in [1.807, 2.05) is 4.99 Å². The van der Waals surface area contributed by atoms with Crippen molar-refractivity contribution in [1.82, 2.24) is 5.32 Å². The molecule has 0 bridgehead atoms. The van der Waals surface area contributed by atoms with E-state index in [9.17, 15) is 0 Å². The number of fused-ring (bicyclic) bond motifs is 1. The fraction of sp³-hybridized carbons (Fsp3) is 0.200. The second kappa shape index (κ2) is 5.99. The maximum atomic E-state index is 3.48. The van der Waals surface area contributed by atoms with Gasteiger partial charge in [-0.1, -0.05) is 64.5 Å². The van der Waals surface area contributed by atoms with Crippen LogP contribution in [-0.2, 0) is 0 Å². The van der Waals surface area contributed by atoms with Crippen LogP contribution in [-0.4, -0.2) is 6.54 Å². The first-order valence-corrected chi connectivity index (χ1v) is 6.71. The Balaban J connectivity index is 2.28. The van der Waals surface area contributed by atoms with E-state index in [1.54, 1.807) is 0 Å². The lowest BCUT2D eigenvalue weighted by Crippen LogP contribution is -2.18. The molecule has 17 heavy (non-hydrogen) atoms. The second-order valence-corrected chi connectivity index (χ2v) is 4.59. The molecule has 0 aliphatic heterocycles. The van der Waals surface area contributed by atoms with Crippen molar-refractivity contribution in [2.45, 2.75) is 13.0 Å². The Kier molecular flexibility index (Phi) is 4.35. The van der Waals surface area contributed by atoms with Gasteiger partial charge in [0.25, 0.3) is 0 Å². The number of benzene rings is 2. The van der Waals surface area contributed by atoms with Gasteiger partial charge in [-0.2, -0.15) is 0 Å². The minimum Gasteiger partial charge on any atom is -0.307 e. The normalized spacial score (nSPS) is 13.3. The first-order chi connectivity index (χ1) is 8.33. The van der Waals surface area contributed by atoms with Crippen molar-refractivity contribution in [2.75, 3.05) is 6.54 Å². The Hall–Kier alpha value is -1.12. The van der Waals surface area contributed by atoms with Crippen LogP contribution in [0.1, 0.15) is 18.5 Å². The summed E-state index contributed by atoms with van der Waals surface area (Å²) < 4.78 is 0. The second-order valence-electron chi connectivity index (χ2n) is 4.06. The van der Waals surface area contributed by atoms with Gasteiger partial charge in [-0.3, -0.25) is 0 Å². The maximum Gasteiger partial charge on any atom is 0.0300 e. The van der Waals surface area contributed by atoms with Gasteiger partial charge in [0.2, 0.25) is 0 Å². The van der Waals surface area contributed by atoms with Crippen molar-refractivity contribution < 1.29 is 0 Å². The first-order valence-electron chi connectivity index (χ1n) is 5.79. The molecule has 2 heteroatoms. The number of nitrogens with one attached hydrogen (secondary N) is 1. The molecule has 1 nitrogen and oxygen atoms in total. The zero-order valence-corrected chi connectivity index (χ0v) is 11.4.